The van der Waals surface area contributed by atoms with E-state index in [2.05, 4.69) is 4.98 Å². The molecule has 0 aromatic carbocycles. The molecule has 0 aliphatic rings. The molecule has 1 aromatic rings. The molecule has 0 saturated heterocycles. The standard InChI is InChI=1S/C9H14N4O/c1-13(5-4-10)8-3-2-7(6-12-8)9(11)14/h2-3,6H,4-5,10H2,1H3,(H2,11,14). The Hall–Kier alpha value is -1.62. The van der Waals surface area contributed by atoms with Crippen molar-refractivity contribution in [1.29, 1.82) is 0 Å². The zero-order valence-electron chi connectivity index (χ0n) is 8.10. The zero-order valence-corrected chi connectivity index (χ0v) is 8.10. The molecule has 1 aromatic heterocycles. The molecule has 0 aliphatic heterocycles. The molecule has 0 saturated carbocycles. The number of carbonyl (C=O) groups excluding carboxylic acids is 1. The van der Waals surface area contributed by atoms with E-state index in [-0.39, 0.29) is 0 Å². The van der Waals surface area contributed by atoms with Crippen LogP contribution in [0.2, 0.25) is 0 Å². The quantitative estimate of drug-likeness (QED) is 0.681. The first-order valence-electron chi connectivity index (χ1n) is 4.32. The van der Waals surface area contributed by atoms with Crippen LogP contribution in [0.4, 0.5) is 5.82 Å². The first-order valence-corrected chi connectivity index (χ1v) is 4.32. The number of hydrogen-bond donors (Lipinski definition) is 2. The molecule has 1 heterocycles. The maximum Gasteiger partial charge on any atom is 0.250 e. The lowest BCUT2D eigenvalue weighted by Crippen LogP contribution is -2.25. The third-order valence-electron chi connectivity index (χ3n) is 1.89. The van der Waals surface area contributed by atoms with Gasteiger partial charge >= 0.3 is 0 Å². The van der Waals surface area contributed by atoms with Crippen LogP contribution in [0.1, 0.15) is 10.4 Å². The fourth-order valence-electron chi connectivity index (χ4n) is 1.07. The molecule has 0 fully saturated rings. The van der Waals surface area contributed by atoms with Crippen LogP contribution >= 0.6 is 0 Å². The number of likely N-dealkylation sites (N-methyl/N-ethyl adjacent to an activating group) is 1. The van der Waals surface area contributed by atoms with Crippen molar-refractivity contribution in [3.05, 3.63) is 23.9 Å². The molecular weight excluding hydrogens is 180 g/mol. The minimum Gasteiger partial charge on any atom is -0.366 e. The topological polar surface area (TPSA) is 85.2 Å². The zero-order chi connectivity index (χ0) is 10.6. The third kappa shape index (κ3) is 2.43. The third-order valence-corrected chi connectivity index (χ3v) is 1.89. The fraction of sp³-hybridized carbons (Fsp3) is 0.333. The van der Waals surface area contributed by atoms with E-state index < -0.39 is 5.91 Å². The van der Waals surface area contributed by atoms with Crippen LogP contribution in [0.25, 0.3) is 0 Å². The number of hydrogen-bond acceptors (Lipinski definition) is 4. The molecule has 0 aliphatic carbocycles. The SMILES string of the molecule is CN(CCN)c1ccc(C(N)=O)cn1. The van der Waals surface area contributed by atoms with E-state index in [0.29, 0.717) is 12.1 Å². The summed E-state index contributed by atoms with van der Waals surface area (Å²) in [6, 6.07) is 3.40. The van der Waals surface area contributed by atoms with Gasteiger partial charge in [0.2, 0.25) is 5.91 Å². The van der Waals surface area contributed by atoms with Gasteiger partial charge in [0.1, 0.15) is 5.82 Å². The van der Waals surface area contributed by atoms with Crippen LogP contribution in [0, 0.1) is 0 Å². The van der Waals surface area contributed by atoms with Crippen LogP contribution in [0.15, 0.2) is 18.3 Å². The minimum atomic E-state index is -0.467. The van der Waals surface area contributed by atoms with Gasteiger partial charge in [-0.1, -0.05) is 0 Å². The second kappa shape index (κ2) is 4.57. The lowest BCUT2D eigenvalue weighted by Gasteiger charge is -2.16. The highest BCUT2D eigenvalue weighted by molar-refractivity contribution is 5.92. The summed E-state index contributed by atoms with van der Waals surface area (Å²) >= 11 is 0. The highest BCUT2D eigenvalue weighted by atomic mass is 16.1. The highest BCUT2D eigenvalue weighted by Crippen LogP contribution is 2.08. The van der Waals surface area contributed by atoms with Gasteiger partial charge in [-0.15, -0.1) is 0 Å². The van der Waals surface area contributed by atoms with E-state index in [1.807, 2.05) is 11.9 Å². The average molecular weight is 194 g/mol. The first-order chi connectivity index (χ1) is 6.65. The number of primary amides is 1. The Balaban J connectivity index is 2.77. The van der Waals surface area contributed by atoms with Gasteiger partial charge in [0.25, 0.3) is 0 Å². The number of nitrogens with two attached hydrogens (primary N) is 2. The summed E-state index contributed by atoms with van der Waals surface area (Å²) in [5.41, 5.74) is 10.9. The smallest absolute Gasteiger partial charge is 0.250 e. The average Bonchev–Trinajstić information content (AvgIpc) is 2.18. The predicted molar refractivity (Wildman–Crippen MR) is 55.1 cm³/mol. The maximum absolute atomic E-state index is 10.8. The van der Waals surface area contributed by atoms with Gasteiger partial charge in [0, 0.05) is 26.3 Å². The van der Waals surface area contributed by atoms with Crippen LogP contribution in [0.5, 0.6) is 0 Å². The molecular formula is C9H14N4O. The second-order valence-corrected chi connectivity index (χ2v) is 2.98. The van der Waals surface area contributed by atoms with E-state index in [1.54, 1.807) is 12.1 Å². The molecule has 1 amide bonds. The number of amides is 1. The van der Waals surface area contributed by atoms with Gasteiger partial charge in [-0.05, 0) is 12.1 Å². The Morgan fingerprint density at radius 1 is 1.57 bits per heavy atom. The van der Waals surface area contributed by atoms with Crippen molar-refractivity contribution in [3.63, 3.8) is 0 Å². The van der Waals surface area contributed by atoms with E-state index >= 15 is 0 Å². The largest absolute Gasteiger partial charge is 0.366 e. The van der Waals surface area contributed by atoms with E-state index in [4.69, 9.17) is 11.5 Å². The van der Waals surface area contributed by atoms with Gasteiger partial charge < -0.3 is 16.4 Å². The summed E-state index contributed by atoms with van der Waals surface area (Å²) in [6.07, 6.45) is 1.46. The molecule has 76 valence electrons. The molecule has 5 nitrogen and oxygen atoms in total. The second-order valence-electron chi connectivity index (χ2n) is 2.98. The summed E-state index contributed by atoms with van der Waals surface area (Å²) in [6.45, 7) is 1.29. The van der Waals surface area contributed by atoms with Crippen LogP contribution in [0.3, 0.4) is 0 Å². The van der Waals surface area contributed by atoms with Crippen molar-refractivity contribution in [2.24, 2.45) is 11.5 Å². The normalized spacial score (nSPS) is 9.86. The van der Waals surface area contributed by atoms with Crippen molar-refractivity contribution < 1.29 is 4.79 Å². The van der Waals surface area contributed by atoms with Crippen molar-refractivity contribution in [2.75, 3.05) is 25.0 Å². The Labute approximate surface area is 82.7 Å². The van der Waals surface area contributed by atoms with Crippen molar-refractivity contribution in [3.8, 4) is 0 Å². The number of pyridine rings is 1. The van der Waals surface area contributed by atoms with Gasteiger partial charge in [-0.3, -0.25) is 4.79 Å². The van der Waals surface area contributed by atoms with Crippen molar-refractivity contribution >= 4 is 11.7 Å². The number of nitrogens with zero attached hydrogens (tertiary/aromatic N) is 2. The Kier molecular flexibility index (Phi) is 3.41. The molecule has 5 heteroatoms. The molecule has 1 rings (SSSR count). The van der Waals surface area contributed by atoms with Crippen LogP contribution < -0.4 is 16.4 Å². The summed E-state index contributed by atoms with van der Waals surface area (Å²) in [5.74, 6) is 0.311. The first kappa shape index (κ1) is 10.5. The van der Waals surface area contributed by atoms with Gasteiger partial charge in [-0.2, -0.15) is 0 Å². The fourth-order valence-corrected chi connectivity index (χ4v) is 1.07. The molecule has 0 unspecified atom stereocenters. The number of aromatic nitrogens is 1. The molecule has 4 N–H and O–H groups in total. The number of anilines is 1. The molecule has 0 atom stereocenters. The Morgan fingerprint density at radius 2 is 2.29 bits per heavy atom. The van der Waals surface area contributed by atoms with Crippen LogP contribution in [-0.2, 0) is 0 Å². The van der Waals surface area contributed by atoms with E-state index in [1.165, 1.54) is 6.20 Å². The number of carbonyl (C=O) groups is 1. The lowest BCUT2D eigenvalue weighted by atomic mass is 10.2. The lowest BCUT2D eigenvalue weighted by molar-refractivity contribution is 0.1000. The van der Waals surface area contributed by atoms with E-state index in [0.717, 1.165) is 12.4 Å². The Morgan fingerprint density at radius 3 is 2.71 bits per heavy atom. The van der Waals surface area contributed by atoms with Crippen molar-refractivity contribution in [1.82, 2.24) is 4.98 Å². The van der Waals surface area contributed by atoms with E-state index in [9.17, 15) is 4.79 Å². The van der Waals surface area contributed by atoms with Crippen LogP contribution in [-0.4, -0.2) is 31.0 Å². The molecule has 14 heavy (non-hydrogen) atoms. The van der Waals surface area contributed by atoms with Gasteiger partial charge in [-0.25, -0.2) is 4.98 Å². The maximum atomic E-state index is 10.8. The summed E-state index contributed by atoms with van der Waals surface area (Å²) in [7, 11) is 1.89. The number of rotatable bonds is 4. The minimum absolute atomic E-state index is 0.412. The van der Waals surface area contributed by atoms with Gasteiger partial charge in [0.05, 0.1) is 5.56 Å². The summed E-state index contributed by atoms with van der Waals surface area (Å²) in [4.78, 5) is 16.8. The highest BCUT2D eigenvalue weighted by Gasteiger charge is 2.03. The van der Waals surface area contributed by atoms with Gasteiger partial charge in [0.15, 0.2) is 0 Å². The summed E-state index contributed by atoms with van der Waals surface area (Å²) < 4.78 is 0. The van der Waals surface area contributed by atoms with Crippen molar-refractivity contribution in [2.45, 2.75) is 0 Å². The molecule has 0 spiro atoms. The molecule has 0 bridgehead atoms. The predicted octanol–water partition coefficient (Wildman–Crippen LogP) is -0.425. The Bertz CT molecular complexity index is 309. The molecule has 0 radical (unpaired) electrons. The summed E-state index contributed by atoms with van der Waals surface area (Å²) in [5, 5.41) is 0. The monoisotopic (exact) mass is 194 g/mol.